The monoisotopic (exact) mass is 450 g/mol. The molecule has 6 heteroatoms. The van der Waals surface area contributed by atoms with E-state index in [0.29, 0.717) is 13.3 Å². The van der Waals surface area contributed by atoms with Gasteiger partial charge in [-0.25, -0.2) is 9.69 Å². The first-order valence-electron chi connectivity index (χ1n) is 13.6. The molecule has 0 aromatic carbocycles. The van der Waals surface area contributed by atoms with Crippen LogP contribution in [-0.4, -0.2) is 76.6 Å². The molecule has 1 aliphatic carbocycles. The molecule has 0 atom stereocenters. The van der Waals surface area contributed by atoms with E-state index in [1.807, 2.05) is 4.90 Å². The Kier molecular flexibility index (Phi) is 12.0. The fourth-order valence-corrected chi connectivity index (χ4v) is 5.16. The van der Waals surface area contributed by atoms with Gasteiger partial charge in [-0.2, -0.15) is 0 Å². The first-order chi connectivity index (χ1) is 15.5. The molecule has 1 aliphatic heterocycles. The van der Waals surface area contributed by atoms with Crippen LogP contribution in [0.1, 0.15) is 111 Å². The Morgan fingerprint density at radius 1 is 0.688 bits per heavy atom. The third-order valence-corrected chi connectivity index (χ3v) is 7.30. The van der Waals surface area contributed by atoms with Gasteiger partial charge in [-0.15, -0.1) is 0 Å². The molecule has 186 valence electrons. The van der Waals surface area contributed by atoms with Gasteiger partial charge in [0.15, 0.2) is 0 Å². The van der Waals surface area contributed by atoms with Gasteiger partial charge in [0.05, 0.1) is 13.3 Å². The fourth-order valence-electron chi connectivity index (χ4n) is 5.16. The average Bonchev–Trinajstić information content (AvgIpc) is 2.99. The van der Waals surface area contributed by atoms with Crippen LogP contribution in [0.5, 0.6) is 0 Å². The molecule has 0 unspecified atom stereocenters. The van der Waals surface area contributed by atoms with Gasteiger partial charge in [-0.05, 0) is 64.7 Å². The van der Waals surface area contributed by atoms with Crippen molar-refractivity contribution in [2.75, 3.05) is 39.5 Å². The van der Waals surface area contributed by atoms with Crippen molar-refractivity contribution in [3.63, 3.8) is 0 Å². The second-order valence-corrected chi connectivity index (χ2v) is 9.97. The Hall–Kier alpha value is -1.14. The van der Waals surface area contributed by atoms with Gasteiger partial charge >= 0.3 is 6.03 Å². The Balaban J connectivity index is 2.22. The first-order valence-corrected chi connectivity index (χ1v) is 13.6. The Morgan fingerprint density at radius 2 is 1.12 bits per heavy atom. The second kappa shape index (κ2) is 14.2. The largest absolute Gasteiger partial charge is 0.329 e. The average molecular weight is 451 g/mol. The van der Waals surface area contributed by atoms with Crippen LogP contribution >= 0.6 is 0 Å². The summed E-state index contributed by atoms with van der Waals surface area (Å²) in [5, 5.41) is 0. The van der Waals surface area contributed by atoms with Crippen molar-refractivity contribution in [3.8, 4) is 0 Å². The van der Waals surface area contributed by atoms with Crippen molar-refractivity contribution < 1.29 is 9.59 Å². The topological polar surface area (TPSA) is 47.1 Å². The standard InChI is InChI=1S/C26H50N4O2/c1-5-9-18-27(19-10-6-2)22-29-24(31)26(16-14-13-15-17-26)30(25(29)32)23-28(20-11-7-3)21-12-8-4/h5-23H2,1-4H3. The van der Waals surface area contributed by atoms with Gasteiger partial charge in [-0.1, -0.05) is 72.6 Å². The van der Waals surface area contributed by atoms with Crippen molar-refractivity contribution >= 4 is 11.9 Å². The minimum atomic E-state index is -0.604. The van der Waals surface area contributed by atoms with Crippen LogP contribution in [-0.2, 0) is 4.79 Å². The first kappa shape index (κ1) is 27.1. The van der Waals surface area contributed by atoms with Gasteiger partial charge < -0.3 is 0 Å². The number of rotatable bonds is 16. The van der Waals surface area contributed by atoms with Crippen molar-refractivity contribution in [3.05, 3.63) is 0 Å². The zero-order valence-corrected chi connectivity index (χ0v) is 21.5. The van der Waals surface area contributed by atoms with Crippen LogP contribution in [0.4, 0.5) is 4.79 Å². The molecule has 0 aromatic rings. The van der Waals surface area contributed by atoms with Crippen LogP contribution in [0.15, 0.2) is 0 Å². The molecule has 3 amide bonds. The number of unbranched alkanes of at least 4 members (excludes halogenated alkanes) is 4. The van der Waals surface area contributed by atoms with E-state index in [2.05, 4.69) is 37.5 Å². The fraction of sp³-hybridized carbons (Fsp3) is 0.923. The molecule has 1 saturated carbocycles. The van der Waals surface area contributed by atoms with Crippen molar-refractivity contribution in [1.29, 1.82) is 0 Å². The number of urea groups is 1. The lowest BCUT2D eigenvalue weighted by atomic mass is 9.80. The molecule has 2 aliphatic rings. The summed E-state index contributed by atoms with van der Waals surface area (Å²) < 4.78 is 0. The molecular formula is C26H50N4O2. The normalized spacial score (nSPS) is 18.7. The molecule has 32 heavy (non-hydrogen) atoms. The molecule has 2 rings (SSSR count). The molecule has 0 radical (unpaired) electrons. The number of carbonyl (C=O) groups is 2. The quantitative estimate of drug-likeness (QED) is 0.284. The lowest BCUT2D eigenvalue weighted by Gasteiger charge is -2.40. The highest BCUT2D eigenvalue weighted by atomic mass is 16.2. The highest BCUT2D eigenvalue weighted by Gasteiger charge is 2.57. The summed E-state index contributed by atoms with van der Waals surface area (Å²) in [4.78, 5) is 35.9. The van der Waals surface area contributed by atoms with Crippen molar-refractivity contribution in [2.24, 2.45) is 0 Å². The zero-order chi connectivity index (χ0) is 23.4. The Labute approximate surface area is 197 Å². The zero-order valence-electron chi connectivity index (χ0n) is 21.5. The number of hydrogen-bond acceptors (Lipinski definition) is 4. The predicted molar refractivity (Wildman–Crippen MR) is 132 cm³/mol. The van der Waals surface area contributed by atoms with Crippen LogP contribution in [0.25, 0.3) is 0 Å². The van der Waals surface area contributed by atoms with Crippen molar-refractivity contribution in [2.45, 2.75) is 117 Å². The van der Waals surface area contributed by atoms with Gasteiger partial charge in [0.25, 0.3) is 5.91 Å². The third kappa shape index (κ3) is 6.93. The van der Waals surface area contributed by atoms with E-state index in [9.17, 15) is 9.59 Å². The van der Waals surface area contributed by atoms with E-state index in [-0.39, 0.29) is 11.9 Å². The lowest BCUT2D eigenvalue weighted by Crippen LogP contribution is -2.54. The van der Waals surface area contributed by atoms with Gasteiger partial charge in [0.1, 0.15) is 5.54 Å². The molecular weight excluding hydrogens is 400 g/mol. The van der Waals surface area contributed by atoms with E-state index < -0.39 is 5.54 Å². The molecule has 1 heterocycles. The van der Waals surface area contributed by atoms with Crippen molar-refractivity contribution in [1.82, 2.24) is 19.6 Å². The van der Waals surface area contributed by atoms with Crippen LogP contribution in [0.3, 0.4) is 0 Å². The molecule has 0 N–H and O–H groups in total. The van der Waals surface area contributed by atoms with E-state index >= 15 is 0 Å². The number of amides is 3. The number of nitrogens with zero attached hydrogens (tertiary/aromatic N) is 4. The summed E-state index contributed by atoms with van der Waals surface area (Å²) in [5.41, 5.74) is -0.604. The van der Waals surface area contributed by atoms with E-state index in [1.54, 1.807) is 4.90 Å². The maximum atomic E-state index is 13.8. The highest BCUT2D eigenvalue weighted by molar-refractivity contribution is 6.07. The predicted octanol–water partition coefficient (Wildman–Crippen LogP) is 5.67. The molecule has 6 nitrogen and oxygen atoms in total. The van der Waals surface area contributed by atoms with Crippen LogP contribution < -0.4 is 0 Å². The van der Waals surface area contributed by atoms with E-state index in [1.165, 1.54) is 6.42 Å². The molecule has 0 bridgehead atoms. The molecule has 1 spiro atoms. The molecule has 2 fully saturated rings. The maximum absolute atomic E-state index is 13.8. The second-order valence-electron chi connectivity index (χ2n) is 9.97. The highest BCUT2D eigenvalue weighted by Crippen LogP contribution is 2.40. The minimum Gasteiger partial charge on any atom is -0.297 e. The number of imide groups is 1. The van der Waals surface area contributed by atoms with E-state index in [4.69, 9.17) is 0 Å². The Morgan fingerprint density at radius 3 is 1.56 bits per heavy atom. The number of carbonyl (C=O) groups excluding carboxylic acids is 2. The smallest absolute Gasteiger partial charge is 0.297 e. The van der Waals surface area contributed by atoms with Gasteiger partial charge in [0.2, 0.25) is 0 Å². The summed E-state index contributed by atoms with van der Waals surface area (Å²) >= 11 is 0. The van der Waals surface area contributed by atoms with Gasteiger partial charge in [0, 0.05) is 0 Å². The third-order valence-electron chi connectivity index (χ3n) is 7.30. The summed E-state index contributed by atoms with van der Waals surface area (Å²) in [5.74, 6) is 0.0751. The van der Waals surface area contributed by atoms with Gasteiger partial charge in [-0.3, -0.25) is 19.5 Å². The maximum Gasteiger partial charge on any atom is 0.329 e. The number of hydrogen-bond donors (Lipinski definition) is 0. The molecule has 0 aromatic heterocycles. The summed E-state index contributed by atoms with van der Waals surface area (Å²) in [6.45, 7) is 13.8. The summed E-state index contributed by atoms with van der Waals surface area (Å²) in [6.07, 6.45) is 14.0. The van der Waals surface area contributed by atoms with Crippen LogP contribution in [0.2, 0.25) is 0 Å². The van der Waals surface area contributed by atoms with Crippen LogP contribution in [0, 0.1) is 0 Å². The van der Waals surface area contributed by atoms with E-state index in [0.717, 1.165) is 103 Å². The lowest BCUT2D eigenvalue weighted by molar-refractivity contribution is -0.136. The summed E-state index contributed by atoms with van der Waals surface area (Å²) in [6, 6.07) is -0.0482. The Bertz CT molecular complexity index is 546. The SMILES string of the molecule is CCCCN(CCCC)CN1C(=O)N(CN(CCCC)CCCC)C2(CCCCC2)C1=O. The molecule has 1 saturated heterocycles. The minimum absolute atomic E-state index is 0.0482. The summed E-state index contributed by atoms with van der Waals surface area (Å²) in [7, 11) is 0.